The number of hydrogen-bond donors (Lipinski definition) is 2. The van der Waals surface area contributed by atoms with Gasteiger partial charge >= 0.3 is 6.09 Å². The van der Waals surface area contributed by atoms with Gasteiger partial charge in [0, 0.05) is 44.0 Å². The van der Waals surface area contributed by atoms with Crippen LogP contribution in [0.3, 0.4) is 0 Å². The predicted octanol–water partition coefficient (Wildman–Crippen LogP) is 1.36. The van der Waals surface area contributed by atoms with Crippen LogP contribution >= 0.6 is 0 Å². The van der Waals surface area contributed by atoms with Gasteiger partial charge in [0.05, 0.1) is 5.69 Å². The number of pyridine rings is 1. The summed E-state index contributed by atoms with van der Waals surface area (Å²) in [4.78, 5) is 21.9. The van der Waals surface area contributed by atoms with Crippen LogP contribution in [0.5, 0.6) is 0 Å². The molecule has 1 amide bonds. The highest BCUT2D eigenvalue weighted by Gasteiger charge is 2.22. The van der Waals surface area contributed by atoms with Crippen molar-refractivity contribution in [2.45, 2.75) is 0 Å². The summed E-state index contributed by atoms with van der Waals surface area (Å²) in [7, 11) is 0. The molecule has 1 aliphatic heterocycles. The maximum atomic E-state index is 10.9. The number of piperazine rings is 1. The molecule has 2 aromatic rings. The van der Waals surface area contributed by atoms with E-state index in [-0.39, 0.29) is 0 Å². The summed E-state index contributed by atoms with van der Waals surface area (Å²) in [6.07, 6.45) is 2.86. The Labute approximate surface area is 104 Å². The van der Waals surface area contributed by atoms with Crippen LogP contribution < -0.4 is 4.90 Å². The third kappa shape index (κ3) is 1.75. The van der Waals surface area contributed by atoms with E-state index in [1.165, 1.54) is 4.90 Å². The lowest BCUT2D eigenvalue weighted by Gasteiger charge is -2.34. The van der Waals surface area contributed by atoms with Gasteiger partial charge in [0.25, 0.3) is 0 Å². The second-order valence-corrected chi connectivity index (χ2v) is 4.33. The normalized spacial score (nSPS) is 16.2. The van der Waals surface area contributed by atoms with E-state index in [4.69, 9.17) is 5.11 Å². The zero-order valence-corrected chi connectivity index (χ0v) is 9.83. The summed E-state index contributed by atoms with van der Waals surface area (Å²) in [6, 6.07) is 3.94. The lowest BCUT2D eigenvalue weighted by atomic mass is 10.2. The molecule has 6 heteroatoms. The Balaban J connectivity index is 1.82. The lowest BCUT2D eigenvalue weighted by molar-refractivity contribution is 0.142. The Bertz CT molecular complexity index is 572. The average molecular weight is 246 g/mol. The SMILES string of the molecule is O=C(O)N1CCN(c2c[nH]c3ncccc23)CC1. The van der Waals surface area contributed by atoms with Crippen molar-refractivity contribution < 1.29 is 9.90 Å². The van der Waals surface area contributed by atoms with Crippen molar-refractivity contribution in [2.75, 3.05) is 31.1 Å². The molecule has 1 saturated heterocycles. The highest BCUT2D eigenvalue weighted by Crippen LogP contribution is 2.25. The maximum Gasteiger partial charge on any atom is 0.407 e. The fourth-order valence-electron chi connectivity index (χ4n) is 2.34. The van der Waals surface area contributed by atoms with Crippen LogP contribution in [0.15, 0.2) is 24.5 Å². The molecular formula is C12H14N4O2. The first-order chi connectivity index (χ1) is 8.75. The molecule has 0 bridgehead atoms. The van der Waals surface area contributed by atoms with Crippen LogP contribution in [0.4, 0.5) is 10.5 Å². The Hall–Kier alpha value is -2.24. The second kappa shape index (κ2) is 4.21. The molecule has 0 aliphatic carbocycles. The number of amides is 1. The molecule has 0 atom stereocenters. The van der Waals surface area contributed by atoms with Crippen molar-refractivity contribution in [1.29, 1.82) is 0 Å². The summed E-state index contributed by atoms with van der Waals surface area (Å²) in [6.45, 7) is 2.52. The van der Waals surface area contributed by atoms with Gasteiger partial charge in [-0.2, -0.15) is 0 Å². The molecule has 3 heterocycles. The van der Waals surface area contributed by atoms with Gasteiger partial charge in [0.15, 0.2) is 0 Å². The number of nitrogens with zero attached hydrogens (tertiary/aromatic N) is 3. The zero-order valence-electron chi connectivity index (χ0n) is 9.83. The monoisotopic (exact) mass is 246 g/mol. The molecule has 0 saturated carbocycles. The summed E-state index contributed by atoms with van der Waals surface area (Å²) in [5.74, 6) is 0. The first kappa shape index (κ1) is 10.9. The third-order valence-electron chi connectivity index (χ3n) is 3.32. The lowest BCUT2D eigenvalue weighted by Crippen LogP contribution is -2.48. The van der Waals surface area contributed by atoms with Gasteiger partial charge in [-0.25, -0.2) is 9.78 Å². The maximum absolute atomic E-state index is 10.9. The molecule has 2 N–H and O–H groups in total. The van der Waals surface area contributed by atoms with Crippen molar-refractivity contribution in [1.82, 2.24) is 14.9 Å². The van der Waals surface area contributed by atoms with Gasteiger partial charge < -0.3 is 19.9 Å². The minimum absolute atomic E-state index is 0.544. The Morgan fingerprint density at radius 1 is 1.33 bits per heavy atom. The fourth-order valence-corrected chi connectivity index (χ4v) is 2.34. The molecule has 2 aromatic heterocycles. The third-order valence-corrected chi connectivity index (χ3v) is 3.32. The highest BCUT2D eigenvalue weighted by atomic mass is 16.4. The van der Waals surface area contributed by atoms with Gasteiger partial charge in [-0.05, 0) is 12.1 Å². The van der Waals surface area contributed by atoms with Crippen LogP contribution in [0.25, 0.3) is 11.0 Å². The van der Waals surface area contributed by atoms with Gasteiger partial charge in [0.2, 0.25) is 0 Å². The van der Waals surface area contributed by atoms with E-state index in [1.807, 2.05) is 18.3 Å². The topological polar surface area (TPSA) is 72.5 Å². The Morgan fingerprint density at radius 3 is 2.83 bits per heavy atom. The van der Waals surface area contributed by atoms with Crippen molar-refractivity contribution in [3.05, 3.63) is 24.5 Å². The molecule has 6 nitrogen and oxygen atoms in total. The zero-order chi connectivity index (χ0) is 12.5. The van der Waals surface area contributed by atoms with E-state index < -0.39 is 6.09 Å². The number of rotatable bonds is 1. The number of carbonyl (C=O) groups is 1. The number of carboxylic acid groups (broad SMARTS) is 1. The number of H-pyrrole nitrogens is 1. The van der Waals surface area contributed by atoms with E-state index in [1.54, 1.807) is 6.20 Å². The Morgan fingerprint density at radius 2 is 2.11 bits per heavy atom. The first-order valence-corrected chi connectivity index (χ1v) is 5.90. The minimum atomic E-state index is -0.838. The van der Waals surface area contributed by atoms with Crippen LogP contribution in [0.2, 0.25) is 0 Å². The predicted molar refractivity (Wildman–Crippen MR) is 67.9 cm³/mol. The standard InChI is InChI=1S/C12H14N4O2/c17-12(18)16-6-4-15(5-7-16)10-8-14-11-9(10)2-1-3-13-11/h1-3,8H,4-7H2,(H,13,14)(H,17,18). The fraction of sp³-hybridized carbons (Fsp3) is 0.333. The number of hydrogen-bond acceptors (Lipinski definition) is 3. The summed E-state index contributed by atoms with van der Waals surface area (Å²) >= 11 is 0. The van der Waals surface area contributed by atoms with E-state index >= 15 is 0 Å². The second-order valence-electron chi connectivity index (χ2n) is 4.33. The number of aromatic amines is 1. The van der Waals surface area contributed by atoms with Crippen LogP contribution in [-0.4, -0.2) is 52.2 Å². The smallest absolute Gasteiger partial charge is 0.407 e. The van der Waals surface area contributed by atoms with Crippen LogP contribution in [0.1, 0.15) is 0 Å². The van der Waals surface area contributed by atoms with Gasteiger partial charge in [-0.15, -0.1) is 0 Å². The molecule has 0 aromatic carbocycles. The number of aromatic nitrogens is 2. The van der Waals surface area contributed by atoms with Gasteiger partial charge in [-0.3, -0.25) is 0 Å². The van der Waals surface area contributed by atoms with Crippen LogP contribution in [0, 0.1) is 0 Å². The van der Waals surface area contributed by atoms with Crippen LogP contribution in [-0.2, 0) is 0 Å². The average Bonchev–Trinajstić information content (AvgIpc) is 2.82. The molecule has 1 aliphatic rings. The highest BCUT2D eigenvalue weighted by molar-refractivity contribution is 5.90. The van der Waals surface area contributed by atoms with E-state index in [2.05, 4.69) is 14.9 Å². The number of nitrogens with one attached hydrogen (secondary N) is 1. The number of anilines is 1. The minimum Gasteiger partial charge on any atom is -0.465 e. The first-order valence-electron chi connectivity index (χ1n) is 5.90. The summed E-state index contributed by atoms with van der Waals surface area (Å²) < 4.78 is 0. The largest absolute Gasteiger partial charge is 0.465 e. The number of fused-ring (bicyclic) bond motifs is 1. The van der Waals surface area contributed by atoms with Crippen molar-refractivity contribution in [3.8, 4) is 0 Å². The quantitative estimate of drug-likeness (QED) is 0.797. The van der Waals surface area contributed by atoms with Gasteiger partial charge in [-0.1, -0.05) is 0 Å². The van der Waals surface area contributed by atoms with Crippen molar-refractivity contribution >= 4 is 22.8 Å². The van der Waals surface area contributed by atoms with Crippen molar-refractivity contribution in [3.63, 3.8) is 0 Å². The molecule has 0 radical (unpaired) electrons. The molecule has 0 spiro atoms. The molecule has 94 valence electrons. The van der Waals surface area contributed by atoms with Gasteiger partial charge in [0.1, 0.15) is 5.65 Å². The van der Waals surface area contributed by atoms with Crippen molar-refractivity contribution in [2.24, 2.45) is 0 Å². The summed E-state index contributed by atoms with van der Waals surface area (Å²) in [5, 5.41) is 10.0. The van der Waals surface area contributed by atoms with E-state index in [0.717, 1.165) is 16.7 Å². The van der Waals surface area contributed by atoms with E-state index in [0.29, 0.717) is 26.2 Å². The molecule has 1 fully saturated rings. The molecule has 18 heavy (non-hydrogen) atoms. The van der Waals surface area contributed by atoms with E-state index in [9.17, 15) is 4.79 Å². The Kier molecular flexibility index (Phi) is 2.55. The molecule has 0 unspecified atom stereocenters. The molecule has 3 rings (SSSR count). The molecular weight excluding hydrogens is 232 g/mol. The summed E-state index contributed by atoms with van der Waals surface area (Å²) in [5.41, 5.74) is 1.97.